The van der Waals surface area contributed by atoms with E-state index in [4.69, 9.17) is 0 Å². The average molecular weight is 236 g/mol. The van der Waals surface area contributed by atoms with E-state index in [2.05, 4.69) is 10.2 Å². The highest BCUT2D eigenvalue weighted by atomic mass is 19.1. The molecule has 0 radical (unpaired) electrons. The topological polar surface area (TPSA) is 32.3 Å². The monoisotopic (exact) mass is 236 g/mol. The Morgan fingerprint density at radius 1 is 1.59 bits per heavy atom. The highest BCUT2D eigenvalue weighted by molar-refractivity contribution is 5.91. The molecule has 1 saturated heterocycles. The van der Waals surface area contributed by atoms with Gasteiger partial charge in [-0.05, 0) is 44.6 Å². The number of nitrogens with zero attached hydrogens (tertiary/aromatic N) is 1. The summed E-state index contributed by atoms with van der Waals surface area (Å²) < 4.78 is 12.9. The summed E-state index contributed by atoms with van der Waals surface area (Å²) in [7, 11) is 2.03. The lowest BCUT2D eigenvalue weighted by atomic mass is 10.1. The van der Waals surface area contributed by atoms with Gasteiger partial charge < -0.3 is 10.2 Å². The van der Waals surface area contributed by atoms with Crippen molar-refractivity contribution in [3.8, 4) is 0 Å². The van der Waals surface area contributed by atoms with Crippen LogP contribution in [0.4, 0.5) is 10.1 Å². The third-order valence-corrected chi connectivity index (χ3v) is 3.20. The second-order valence-electron chi connectivity index (χ2n) is 4.54. The fourth-order valence-corrected chi connectivity index (χ4v) is 2.23. The number of carbonyl (C=O) groups is 1. The van der Waals surface area contributed by atoms with Crippen molar-refractivity contribution in [3.05, 3.63) is 30.1 Å². The van der Waals surface area contributed by atoms with E-state index in [1.54, 1.807) is 12.1 Å². The Balaban J connectivity index is 1.89. The Labute approximate surface area is 101 Å². The maximum atomic E-state index is 12.9. The predicted octanol–water partition coefficient (Wildman–Crippen LogP) is 2.25. The van der Waals surface area contributed by atoms with Crippen molar-refractivity contribution in [2.24, 2.45) is 0 Å². The fraction of sp³-hybridized carbons (Fsp3) is 0.462. The molecule has 1 N–H and O–H groups in total. The van der Waals surface area contributed by atoms with Crippen molar-refractivity contribution in [1.29, 1.82) is 0 Å². The minimum Gasteiger partial charge on any atom is -0.326 e. The molecule has 1 aromatic rings. The lowest BCUT2D eigenvalue weighted by Gasteiger charge is -2.18. The number of benzene rings is 1. The number of likely N-dealkylation sites (tertiary alicyclic amines) is 1. The molecular weight excluding hydrogens is 219 g/mol. The van der Waals surface area contributed by atoms with Gasteiger partial charge in [-0.3, -0.25) is 4.79 Å². The van der Waals surface area contributed by atoms with Crippen LogP contribution in [-0.4, -0.2) is 30.4 Å². The molecule has 1 aromatic carbocycles. The van der Waals surface area contributed by atoms with Crippen LogP contribution in [0.2, 0.25) is 0 Å². The van der Waals surface area contributed by atoms with Gasteiger partial charge in [0.15, 0.2) is 0 Å². The molecule has 0 bridgehead atoms. The van der Waals surface area contributed by atoms with Gasteiger partial charge in [-0.25, -0.2) is 4.39 Å². The standard InChI is InChI=1S/C13H17FN2O/c1-16-7-3-6-12(16)9-13(17)15-11-5-2-4-10(14)8-11/h2,4-5,8,12H,3,6-7,9H2,1H3,(H,15,17). The first-order chi connectivity index (χ1) is 8.15. The summed E-state index contributed by atoms with van der Waals surface area (Å²) in [6.45, 7) is 1.05. The van der Waals surface area contributed by atoms with Crippen LogP contribution in [0.25, 0.3) is 0 Å². The van der Waals surface area contributed by atoms with E-state index < -0.39 is 0 Å². The first-order valence-corrected chi connectivity index (χ1v) is 5.91. The van der Waals surface area contributed by atoms with Gasteiger partial charge in [-0.2, -0.15) is 0 Å². The van der Waals surface area contributed by atoms with Crippen LogP contribution < -0.4 is 5.32 Å². The molecule has 92 valence electrons. The summed E-state index contributed by atoms with van der Waals surface area (Å²) in [6, 6.07) is 6.30. The quantitative estimate of drug-likeness (QED) is 0.873. The van der Waals surface area contributed by atoms with Crippen LogP contribution >= 0.6 is 0 Å². The van der Waals surface area contributed by atoms with Crippen LogP contribution in [0.1, 0.15) is 19.3 Å². The number of carbonyl (C=O) groups excluding carboxylic acids is 1. The lowest BCUT2D eigenvalue weighted by molar-refractivity contribution is -0.117. The van der Waals surface area contributed by atoms with Gasteiger partial charge >= 0.3 is 0 Å². The number of halogens is 1. The lowest BCUT2D eigenvalue weighted by Crippen LogP contribution is -2.29. The molecule has 0 aromatic heterocycles. The van der Waals surface area contributed by atoms with Gasteiger partial charge in [0.05, 0.1) is 0 Å². The van der Waals surface area contributed by atoms with Crippen molar-refractivity contribution < 1.29 is 9.18 Å². The Morgan fingerprint density at radius 3 is 3.06 bits per heavy atom. The minimum absolute atomic E-state index is 0.0469. The zero-order valence-corrected chi connectivity index (χ0v) is 9.95. The third-order valence-electron chi connectivity index (χ3n) is 3.20. The van der Waals surface area contributed by atoms with Crippen molar-refractivity contribution >= 4 is 11.6 Å². The summed E-state index contributed by atoms with van der Waals surface area (Å²) in [5.74, 6) is -0.380. The maximum Gasteiger partial charge on any atom is 0.225 e. The van der Waals surface area contributed by atoms with Gasteiger partial charge in [0.1, 0.15) is 5.82 Å². The molecule has 0 saturated carbocycles. The third kappa shape index (κ3) is 3.27. The Bertz CT molecular complexity index is 408. The Morgan fingerprint density at radius 2 is 2.41 bits per heavy atom. The maximum absolute atomic E-state index is 12.9. The highest BCUT2D eigenvalue weighted by Crippen LogP contribution is 2.18. The van der Waals surface area contributed by atoms with Crippen molar-refractivity contribution in [1.82, 2.24) is 4.90 Å². The first kappa shape index (κ1) is 12.0. The Hall–Kier alpha value is -1.42. The molecule has 1 fully saturated rings. The molecule has 1 unspecified atom stereocenters. The molecule has 1 amide bonds. The highest BCUT2D eigenvalue weighted by Gasteiger charge is 2.23. The Kier molecular flexibility index (Phi) is 3.74. The smallest absolute Gasteiger partial charge is 0.225 e. The molecule has 4 heteroatoms. The van der Waals surface area contributed by atoms with E-state index in [-0.39, 0.29) is 11.7 Å². The van der Waals surface area contributed by atoms with Gasteiger partial charge in [-0.1, -0.05) is 6.07 Å². The average Bonchev–Trinajstić information content (AvgIpc) is 2.64. The zero-order valence-electron chi connectivity index (χ0n) is 9.95. The summed E-state index contributed by atoms with van der Waals surface area (Å²) in [6.07, 6.45) is 2.69. The van der Waals surface area contributed by atoms with Gasteiger partial charge in [-0.15, -0.1) is 0 Å². The molecular formula is C13H17FN2O. The molecule has 17 heavy (non-hydrogen) atoms. The SMILES string of the molecule is CN1CCCC1CC(=O)Nc1cccc(F)c1. The van der Waals surface area contributed by atoms with E-state index in [9.17, 15) is 9.18 Å². The molecule has 3 nitrogen and oxygen atoms in total. The number of amides is 1. The summed E-state index contributed by atoms with van der Waals surface area (Å²) >= 11 is 0. The molecule has 2 rings (SSSR count). The second-order valence-corrected chi connectivity index (χ2v) is 4.54. The normalized spacial score (nSPS) is 20.5. The zero-order chi connectivity index (χ0) is 12.3. The molecule has 1 heterocycles. The van der Waals surface area contributed by atoms with E-state index in [1.807, 2.05) is 7.05 Å². The molecule has 1 aliphatic heterocycles. The van der Waals surface area contributed by atoms with Crippen molar-refractivity contribution in [2.75, 3.05) is 18.9 Å². The van der Waals surface area contributed by atoms with E-state index in [0.717, 1.165) is 19.4 Å². The summed E-state index contributed by atoms with van der Waals surface area (Å²) in [5.41, 5.74) is 0.524. The number of rotatable bonds is 3. The number of anilines is 1. The van der Waals surface area contributed by atoms with Crippen LogP contribution in [0.5, 0.6) is 0 Å². The first-order valence-electron chi connectivity index (χ1n) is 5.91. The summed E-state index contributed by atoms with van der Waals surface area (Å²) in [5, 5.41) is 2.72. The largest absolute Gasteiger partial charge is 0.326 e. The molecule has 0 spiro atoms. The van der Waals surface area contributed by atoms with Crippen LogP contribution in [0.15, 0.2) is 24.3 Å². The second kappa shape index (κ2) is 5.27. The van der Waals surface area contributed by atoms with Crippen LogP contribution in [0, 0.1) is 5.82 Å². The molecule has 1 aliphatic rings. The minimum atomic E-state index is -0.333. The number of hydrogen-bond acceptors (Lipinski definition) is 2. The van der Waals surface area contributed by atoms with Crippen molar-refractivity contribution in [3.63, 3.8) is 0 Å². The van der Waals surface area contributed by atoms with E-state index >= 15 is 0 Å². The van der Waals surface area contributed by atoms with E-state index in [1.165, 1.54) is 12.1 Å². The van der Waals surface area contributed by atoms with Crippen molar-refractivity contribution in [2.45, 2.75) is 25.3 Å². The van der Waals surface area contributed by atoms with Gasteiger partial charge in [0.25, 0.3) is 0 Å². The van der Waals surface area contributed by atoms with Gasteiger partial charge in [0.2, 0.25) is 5.91 Å². The predicted molar refractivity (Wildman–Crippen MR) is 65.3 cm³/mol. The summed E-state index contributed by atoms with van der Waals surface area (Å²) in [4.78, 5) is 14.0. The number of nitrogens with one attached hydrogen (secondary N) is 1. The van der Waals surface area contributed by atoms with E-state index in [0.29, 0.717) is 18.2 Å². The number of hydrogen-bond donors (Lipinski definition) is 1. The van der Waals surface area contributed by atoms with Gasteiger partial charge in [0, 0.05) is 18.2 Å². The van der Waals surface area contributed by atoms with Crippen LogP contribution in [-0.2, 0) is 4.79 Å². The van der Waals surface area contributed by atoms with Crippen LogP contribution in [0.3, 0.4) is 0 Å². The fourth-order valence-electron chi connectivity index (χ4n) is 2.23. The molecule has 1 atom stereocenters. The molecule has 0 aliphatic carbocycles.